The van der Waals surface area contributed by atoms with Crippen LogP contribution in [0, 0.1) is 0 Å². The molecule has 0 bridgehead atoms. The lowest BCUT2D eigenvalue weighted by molar-refractivity contribution is -0.125. The van der Waals surface area contributed by atoms with E-state index in [-0.39, 0.29) is 40.6 Å². The van der Waals surface area contributed by atoms with E-state index in [1.54, 1.807) is 6.92 Å². The molecule has 0 aliphatic rings. The van der Waals surface area contributed by atoms with Crippen molar-refractivity contribution in [2.24, 2.45) is 0 Å². The van der Waals surface area contributed by atoms with E-state index in [1.165, 1.54) is 12.1 Å². The minimum absolute atomic E-state index is 0.0237. The highest BCUT2D eigenvalue weighted by atomic mass is 35.5. The molecule has 0 spiro atoms. The lowest BCUT2D eigenvalue weighted by atomic mass is 10.2. The van der Waals surface area contributed by atoms with Crippen molar-refractivity contribution in [3.63, 3.8) is 0 Å². The minimum atomic E-state index is -0.715. The molecular weight excluding hydrogens is 322 g/mol. The van der Waals surface area contributed by atoms with Crippen molar-refractivity contribution >= 4 is 23.5 Å². The van der Waals surface area contributed by atoms with Crippen LogP contribution in [0.1, 0.15) is 44.0 Å². The summed E-state index contributed by atoms with van der Waals surface area (Å²) in [5, 5.41) is 12.5. The zero-order valence-corrected chi connectivity index (χ0v) is 14.3. The number of hydrogen-bond donors (Lipinski definition) is 2. The number of esters is 1. The van der Waals surface area contributed by atoms with E-state index in [9.17, 15) is 14.7 Å². The number of phenolic OH excluding ortho intramolecular Hbond substituents is 1. The van der Waals surface area contributed by atoms with Gasteiger partial charge in [0.15, 0.2) is 18.1 Å². The number of nitrogens with one attached hydrogen (secondary N) is 1. The third-order valence-electron chi connectivity index (χ3n) is 3.25. The predicted molar refractivity (Wildman–Crippen MR) is 87.1 cm³/mol. The van der Waals surface area contributed by atoms with Gasteiger partial charge in [0.05, 0.1) is 17.2 Å². The van der Waals surface area contributed by atoms with Gasteiger partial charge in [-0.25, -0.2) is 4.79 Å². The number of phenols is 1. The summed E-state index contributed by atoms with van der Waals surface area (Å²) in [7, 11) is 0. The van der Waals surface area contributed by atoms with Gasteiger partial charge in [-0.2, -0.15) is 0 Å². The molecule has 0 aliphatic heterocycles. The van der Waals surface area contributed by atoms with E-state index in [1.807, 2.05) is 13.8 Å². The molecule has 0 saturated heterocycles. The number of halogens is 1. The van der Waals surface area contributed by atoms with Crippen LogP contribution in [0.3, 0.4) is 0 Å². The summed E-state index contributed by atoms with van der Waals surface area (Å²) in [6, 6.07) is 2.65. The van der Waals surface area contributed by atoms with Crippen molar-refractivity contribution in [1.82, 2.24) is 5.32 Å². The molecule has 0 aliphatic carbocycles. The molecule has 1 aromatic carbocycles. The Hall–Kier alpha value is -1.95. The lowest BCUT2D eigenvalue weighted by Gasteiger charge is -2.14. The quantitative estimate of drug-likeness (QED) is 0.709. The van der Waals surface area contributed by atoms with Gasteiger partial charge in [-0.15, -0.1) is 0 Å². The fourth-order valence-corrected chi connectivity index (χ4v) is 2.14. The Kier molecular flexibility index (Phi) is 7.68. The maximum Gasteiger partial charge on any atom is 0.338 e. The number of hydrogen-bond acceptors (Lipinski definition) is 5. The number of benzene rings is 1. The van der Waals surface area contributed by atoms with Crippen molar-refractivity contribution in [3.05, 3.63) is 22.7 Å². The van der Waals surface area contributed by atoms with E-state index in [0.29, 0.717) is 6.61 Å². The molecule has 1 amide bonds. The molecule has 0 saturated carbocycles. The third-order valence-corrected chi connectivity index (χ3v) is 3.54. The highest BCUT2D eigenvalue weighted by Gasteiger charge is 2.17. The molecule has 0 aromatic heterocycles. The van der Waals surface area contributed by atoms with Crippen LogP contribution in [-0.4, -0.2) is 36.2 Å². The van der Waals surface area contributed by atoms with Crippen molar-refractivity contribution < 1.29 is 24.2 Å². The zero-order chi connectivity index (χ0) is 17.4. The van der Waals surface area contributed by atoms with Crippen molar-refractivity contribution in [2.75, 3.05) is 13.2 Å². The number of rotatable bonds is 8. The molecule has 128 valence electrons. The fraction of sp³-hybridized carbons (Fsp3) is 0.500. The van der Waals surface area contributed by atoms with Gasteiger partial charge in [-0.05, 0) is 31.9 Å². The van der Waals surface area contributed by atoms with Crippen molar-refractivity contribution in [3.8, 4) is 11.5 Å². The second-order valence-electron chi connectivity index (χ2n) is 4.89. The summed E-state index contributed by atoms with van der Waals surface area (Å²) in [5.74, 6) is -1.22. The summed E-state index contributed by atoms with van der Waals surface area (Å²) >= 11 is 5.85. The Morgan fingerprint density at radius 3 is 2.48 bits per heavy atom. The van der Waals surface area contributed by atoms with Crippen LogP contribution in [0.2, 0.25) is 5.02 Å². The number of carbonyl (C=O) groups is 2. The first-order valence-electron chi connectivity index (χ1n) is 7.54. The standard InChI is InChI=1S/C16H22ClNO5/c1-4-11(5-2)18-14(19)9-23-16(21)10-7-12(17)15(20)13(8-10)22-6-3/h7-8,11,20H,4-6,9H2,1-3H3,(H,18,19). The van der Waals surface area contributed by atoms with Crippen LogP contribution in [0.25, 0.3) is 0 Å². The van der Waals surface area contributed by atoms with Crippen molar-refractivity contribution in [2.45, 2.75) is 39.7 Å². The van der Waals surface area contributed by atoms with Crippen LogP contribution in [0.15, 0.2) is 12.1 Å². The van der Waals surface area contributed by atoms with Crippen LogP contribution < -0.4 is 10.1 Å². The fourth-order valence-electron chi connectivity index (χ4n) is 1.93. The average molecular weight is 344 g/mol. The van der Waals surface area contributed by atoms with Crippen LogP contribution in [0.5, 0.6) is 11.5 Å². The van der Waals surface area contributed by atoms with E-state index in [4.69, 9.17) is 21.1 Å². The Morgan fingerprint density at radius 1 is 1.26 bits per heavy atom. The SMILES string of the molecule is CCOc1cc(C(=O)OCC(=O)NC(CC)CC)cc(Cl)c1O. The topological polar surface area (TPSA) is 84.9 Å². The first-order chi connectivity index (χ1) is 10.9. The second-order valence-corrected chi connectivity index (χ2v) is 5.30. The monoisotopic (exact) mass is 343 g/mol. The van der Waals surface area contributed by atoms with Gasteiger partial charge in [0.2, 0.25) is 0 Å². The Bertz CT molecular complexity index is 558. The van der Waals surface area contributed by atoms with Crippen LogP contribution >= 0.6 is 11.6 Å². The summed E-state index contributed by atoms with van der Waals surface area (Å²) < 4.78 is 10.2. The molecule has 23 heavy (non-hydrogen) atoms. The van der Waals surface area contributed by atoms with E-state index in [2.05, 4.69) is 5.32 Å². The normalized spacial score (nSPS) is 10.5. The molecule has 0 radical (unpaired) electrons. The summed E-state index contributed by atoms with van der Waals surface area (Å²) in [6.45, 7) is 5.60. The third kappa shape index (κ3) is 5.63. The van der Waals surface area contributed by atoms with E-state index in [0.717, 1.165) is 12.8 Å². The van der Waals surface area contributed by atoms with Gasteiger partial charge >= 0.3 is 5.97 Å². The van der Waals surface area contributed by atoms with E-state index >= 15 is 0 Å². The van der Waals surface area contributed by atoms with E-state index < -0.39 is 5.97 Å². The molecule has 0 unspecified atom stereocenters. The van der Waals surface area contributed by atoms with Gasteiger partial charge in [-0.3, -0.25) is 4.79 Å². The minimum Gasteiger partial charge on any atom is -0.503 e. The Balaban J connectivity index is 2.69. The smallest absolute Gasteiger partial charge is 0.338 e. The molecule has 0 fully saturated rings. The number of ether oxygens (including phenoxy) is 2. The maximum atomic E-state index is 12.0. The van der Waals surface area contributed by atoms with Crippen molar-refractivity contribution in [1.29, 1.82) is 0 Å². The first kappa shape index (κ1) is 19.1. The van der Waals surface area contributed by atoms with Crippen LogP contribution in [0.4, 0.5) is 0 Å². The predicted octanol–water partition coefficient (Wildman–Crippen LogP) is 2.91. The Morgan fingerprint density at radius 2 is 1.91 bits per heavy atom. The molecule has 2 N–H and O–H groups in total. The molecule has 7 heteroatoms. The number of aromatic hydroxyl groups is 1. The molecule has 0 atom stereocenters. The van der Waals surface area contributed by atoms with Gasteiger partial charge in [0, 0.05) is 6.04 Å². The van der Waals surface area contributed by atoms with Gasteiger partial charge in [0.25, 0.3) is 5.91 Å². The molecule has 1 rings (SSSR count). The van der Waals surface area contributed by atoms with Gasteiger partial charge < -0.3 is 19.9 Å². The molecule has 0 heterocycles. The number of carbonyl (C=O) groups excluding carboxylic acids is 2. The number of amides is 1. The molecular formula is C16H22ClNO5. The first-order valence-corrected chi connectivity index (χ1v) is 7.92. The highest BCUT2D eigenvalue weighted by molar-refractivity contribution is 6.32. The largest absolute Gasteiger partial charge is 0.503 e. The maximum absolute atomic E-state index is 12.0. The summed E-state index contributed by atoms with van der Waals surface area (Å²) in [5.41, 5.74) is 0.103. The summed E-state index contributed by atoms with van der Waals surface area (Å²) in [6.07, 6.45) is 1.61. The van der Waals surface area contributed by atoms with Gasteiger partial charge in [-0.1, -0.05) is 25.4 Å². The average Bonchev–Trinajstić information content (AvgIpc) is 2.54. The van der Waals surface area contributed by atoms with Crippen LogP contribution in [-0.2, 0) is 9.53 Å². The summed E-state index contributed by atoms with van der Waals surface area (Å²) in [4.78, 5) is 23.7. The molecule has 1 aromatic rings. The van der Waals surface area contributed by atoms with Gasteiger partial charge in [0.1, 0.15) is 0 Å². The second kappa shape index (κ2) is 9.25. The Labute approximate surface area is 140 Å². The zero-order valence-electron chi connectivity index (χ0n) is 13.5. The molecule has 6 nitrogen and oxygen atoms in total. The highest BCUT2D eigenvalue weighted by Crippen LogP contribution is 2.35. The lowest BCUT2D eigenvalue weighted by Crippen LogP contribution is -2.36.